The van der Waals surface area contributed by atoms with Crippen LogP contribution in [0.2, 0.25) is 0 Å². The van der Waals surface area contributed by atoms with Crippen LogP contribution in [0, 0.1) is 0 Å². The zero-order valence-electron chi connectivity index (χ0n) is 14.3. The molecule has 152 valence electrons. The van der Waals surface area contributed by atoms with E-state index >= 15 is 0 Å². The maximum absolute atomic E-state index is 11.4. The van der Waals surface area contributed by atoms with Gasteiger partial charge in [-0.05, 0) is 12.8 Å². The van der Waals surface area contributed by atoms with Crippen LogP contribution in [0.3, 0.4) is 0 Å². The van der Waals surface area contributed by atoms with E-state index < -0.39 is 73.7 Å². The summed E-state index contributed by atoms with van der Waals surface area (Å²) in [5.74, 6) is -0.458. The van der Waals surface area contributed by atoms with Crippen molar-refractivity contribution in [2.45, 2.75) is 80.9 Å². The first-order valence-corrected chi connectivity index (χ1v) is 8.44. The van der Waals surface area contributed by atoms with E-state index in [1.807, 2.05) is 0 Å². The highest BCUT2D eigenvalue weighted by atomic mass is 16.6. The Balaban J connectivity index is 2.05. The molecule has 11 heteroatoms. The van der Waals surface area contributed by atoms with Gasteiger partial charge in [0.1, 0.15) is 36.6 Å². The number of hydrogen-bond donors (Lipinski definition) is 8. The van der Waals surface area contributed by atoms with E-state index in [9.17, 15) is 40.5 Å². The van der Waals surface area contributed by atoms with Gasteiger partial charge in [0.15, 0.2) is 6.29 Å². The quantitative estimate of drug-likeness (QED) is 0.231. The van der Waals surface area contributed by atoms with E-state index in [0.29, 0.717) is 0 Å². The molecule has 2 rings (SSSR count). The van der Waals surface area contributed by atoms with Crippen LogP contribution in [0.15, 0.2) is 0 Å². The minimum absolute atomic E-state index is 0.0454. The summed E-state index contributed by atoms with van der Waals surface area (Å²) >= 11 is 0. The van der Waals surface area contributed by atoms with Crippen LogP contribution in [0.1, 0.15) is 19.8 Å². The predicted molar refractivity (Wildman–Crippen MR) is 83.5 cm³/mol. The van der Waals surface area contributed by atoms with Crippen LogP contribution in [0.5, 0.6) is 0 Å². The summed E-state index contributed by atoms with van der Waals surface area (Å²) in [6.45, 7) is 0.685. The van der Waals surface area contributed by atoms with Crippen LogP contribution < -0.4 is 5.32 Å². The van der Waals surface area contributed by atoms with Crippen molar-refractivity contribution >= 4 is 5.91 Å². The SMILES string of the molecule is CC(=O)N[C@@H]1[C@@H](O)[C@@H](O)[C@@H](CO)O[C@H]1CC[C@H]1OC(O)[C@H](O)[C@@H](O)[C@H]1O. The minimum atomic E-state index is -1.67. The van der Waals surface area contributed by atoms with Crippen LogP contribution in [-0.4, -0.2) is 109 Å². The van der Waals surface area contributed by atoms with Gasteiger partial charge in [-0.1, -0.05) is 0 Å². The number of hydrogen-bond acceptors (Lipinski definition) is 10. The Kier molecular flexibility index (Phi) is 7.30. The number of nitrogens with one attached hydrogen (secondary N) is 1. The maximum Gasteiger partial charge on any atom is 0.217 e. The summed E-state index contributed by atoms with van der Waals surface area (Å²) in [5.41, 5.74) is 0. The molecule has 0 saturated carbocycles. The first-order valence-electron chi connectivity index (χ1n) is 8.44. The highest BCUT2D eigenvalue weighted by Gasteiger charge is 2.46. The second-order valence-corrected chi connectivity index (χ2v) is 6.72. The van der Waals surface area contributed by atoms with Crippen LogP contribution in [0.4, 0.5) is 0 Å². The fraction of sp³-hybridized carbons (Fsp3) is 0.933. The first-order chi connectivity index (χ1) is 12.2. The van der Waals surface area contributed by atoms with Gasteiger partial charge in [0, 0.05) is 6.92 Å². The number of carbonyl (C=O) groups excluding carboxylic acids is 1. The molecule has 0 spiro atoms. The van der Waals surface area contributed by atoms with Gasteiger partial charge < -0.3 is 50.5 Å². The molecule has 26 heavy (non-hydrogen) atoms. The Morgan fingerprint density at radius 1 is 0.808 bits per heavy atom. The van der Waals surface area contributed by atoms with Gasteiger partial charge in [-0.25, -0.2) is 0 Å². The fourth-order valence-electron chi connectivity index (χ4n) is 3.35. The Bertz CT molecular complexity index is 479. The topological polar surface area (TPSA) is 189 Å². The van der Waals surface area contributed by atoms with Gasteiger partial charge in [-0.15, -0.1) is 0 Å². The molecule has 0 aromatic carbocycles. The van der Waals surface area contributed by atoms with Crippen molar-refractivity contribution < 1.29 is 50.0 Å². The number of carbonyl (C=O) groups is 1. The molecule has 8 N–H and O–H groups in total. The van der Waals surface area contributed by atoms with E-state index in [-0.39, 0.29) is 12.8 Å². The van der Waals surface area contributed by atoms with Crippen molar-refractivity contribution in [1.29, 1.82) is 0 Å². The number of aliphatic hydroxyl groups is 7. The van der Waals surface area contributed by atoms with Crippen LogP contribution in [-0.2, 0) is 14.3 Å². The van der Waals surface area contributed by atoms with Crippen molar-refractivity contribution in [3.63, 3.8) is 0 Å². The van der Waals surface area contributed by atoms with E-state index in [4.69, 9.17) is 9.47 Å². The summed E-state index contributed by atoms with van der Waals surface area (Å²) in [5, 5.41) is 70.7. The summed E-state index contributed by atoms with van der Waals surface area (Å²) in [6.07, 6.45) is -11.9. The molecule has 1 unspecified atom stereocenters. The molecule has 10 atom stereocenters. The van der Waals surface area contributed by atoms with Gasteiger partial charge in [-0.2, -0.15) is 0 Å². The van der Waals surface area contributed by atoms with Gasteiger partial charge in [0.05, 0.1) is 24.9 Å². The lowest BCUT2D eigenvalue weighted by Crippen LogP contribution is -2.64. The van der Waals surface area contributed by atoms with E-state index in [0.717, 1.165) is 0 Å². The number of rotatable bonds is 5. The molecule has 0 aromatic rings. The number of ether oxygens (including phenoxy) is 2. The molecule has 0 aromatic heterocycles. The molecule has 2 aliphatic heterocycles. The normalized spacial score (nSPS) is 46.8. The third-order valence-corrected chi connectivity index (χ3v) is 4.82. The molecule has 2 fully saturated rings. The number of amides is 1. The molecule has 0 bridgehead atoms. The van der Waals surface area contributed by atoms with Crippen molar-refractivity contribution in [3.8, 4) is 0 Å². The average molecular weight is 381 g/mol. The summed E-state index contributed by atoms with van der Waals surface area (Å²) < 4.78 is 10.6. The molecule has 0 radical (unpaired) electrons. The monoisotopic (exact) mass is 381 g/mol. The second kappa shape index (κ2) is 8.87. The minimum Gasteiger partial charge on any atom is -0.394 e. The highest BCUT2D eigenvalue weighted by Crippen LogP contribution is 2.28. The molecular formula is C15H27NO10. The first kappa shape index (κ1) is 21.4. The summed E-state index contributed by atoms with van der Waals surface area (Å²) in [4.78, 5) is 11.4. The molecular weight excluding hydrogens is 354 g/mol. The lowest BCUT2D eigenvalue weighted by molar-refractivity contribution is -0.284. The van der Waals surface area contributed by atoms with E-state index in [1.165, 1.54) is 6.92 Å². The van der Waals surface area contributed by atoms with E-state index in [2.05, 4.69) is 5.32 Å². The Morgan fingerprint density at radius 3 is 1.96 bits per heavy atom. The summed E-state index contributed by atoms with van der Waals surface area (Å²) in [7, 11) is 0. The Labute approximate surface area is 149 Å². The molecule has 2 saturated heterocycles. The highest BCUT2D eigenvalue weighted by molar-refractivity contribution is 5.73. The zero-order chi connectivity index (χ0) is 19.6. The summed E-state index contributed by atoms with van der Waals surface area (Å²) in [6, 6.07) is -0.966. The van der Waals surface area contributed by atoms with Gasteiger partial charge >= 0.3 is 0 Å². The standard InChI is InChI=1S/C15H27NO10/c1-5(18)16-9-6(25-8(4-17)11(20)12(9)21)2-3-7-10(19)13(22)14(23)15(24)26-7/h6-15,17,19-24H,2-4H2,1H3,(H,16,18)/t6-,7+,8+,9-,10-,11-,12+,13-,14+,15?/m0/s1. The number of aliphatic hydroxyl groups excluding tert-OH is 7. The Hall–Kier alpha value is -0.890. The van der Waals surface area contributed by atoms with Crippen molar-refractivity contribution in [2.24, 2.45) is 0 Å². The predicted octanol–water partition coefficient (Wildman–Crippen LogP) is -4.45. The van der Waals surface area contributed by atoms with Gasteiger partial charge in [0.25, 0.3) is 0 Å². The zero-order valence-corrected chi connectivity index (χ0v) is 14.3. The molecule has 2 aliphatic rings. The molecule has 2 heterocycles. The molecule has 1 amide bonds. The van der Waals surface area contributed by atoms with Crippen molar-refractivity contribution in [1.82, 2.24) is 5.32 Å². The van der Waals surface area contributed by atoms with Crippen LogP contribution in [0.25, 0.3) is 0 Å². The Morgan fingerprint density at radius 2 is 1.38 bits per heavy atom. The van der Waals surface area contributed by atoms with Crippen molar-refractivity contribution in [3.05, 3.63) is 0 Å². The largest absolute Gasteiger partial charge is 0.394 e. The van der Waals surface area contributed by atoms with Crippen molar-refractivity contribution in [2.75, 3.05) is 6.61 Å². The third-order valence-electron chi connectivity index (χ3n) is 4.82. The average Bonchev–Trinajstić information content (AvgIpc) is 2.60. The van der Waals surface area contributed by atoms with Gasteiger partial charge in [-0.3, -0.25) is 4.79 Å². The molecule has 0 aliphatic carbocycles. The maximum atomic E-state index is 11.4. The molecule has 11 nitrogen and oxygen atoms in total. The van der Waals surface area contributed by atoms with Crippen LogP contribution >= 0.6 is 0 Å². The second-order valence-electron chi connectivity index (χ2n) is 6.72. The lowest BCUT2D eigenvalue weighted by atomic mass is 9.88. The fourth-order valence-corrected chi connectivity index (χ4v) is 3.35. The lowest BCUT2D eigenvalue weighted by Gasteiger charge is -2.44. The smallest absolute Gasteiger partial charge is 0.217 e. The van der Waals surface area contributed by atoms with E-state index in [1.54, 1.807) is 0 Å². The van der Waals surface area contributed by atoms with Gasteiger partial charge in [0.2, 0.25) is 5.91 Å². The third kappa shape index (κ3) is 4.50.